The van der Waals surface area contributed by atoms with Gasteiger partial charge in [-0.2, -0.15) is 0 Å². The van der Waals surface area contributed by atoms with Crippen molar-refractivity contribution in [3.05, 3.63) is 59.5 Å². The van der Waals surface area contributed by atoms with Gasteiger partial charge in [0.05, 0.1) is 25.4 Å². The third kappa shape index (κ3) is 3.10. The van der Waals surface area contributed by atoms with Crippen molar-refractivity contribution in [2.24, 2.45) is 0 Å². The van der Waals surface area contributed by atoms with E-state index >= 15 is 0 Å². The molecule has 3 rings (SSSR count). The van der Waals surface area contributed by atoms with Crippen LogP contribution in [-0.4, -0.2) is 40.5 Å². The highest BCUT2D eigenvalue weighted by molar-refractivity contribution is 7.90. The van der Waals surface area contributed by atoms with E-state index in [1.807, 2.05) is 4.72 Å². The number of allylic oxidation sites excluding steroid dienone is 2. The molecule has 0 spiro atoms. The van der Waals surface area contributed by atoms with Gasteiger partial charge < -0.3 is 14.4 Å². The monoisotopic (exact) mass is 390 g/mol. The lowest BCUT2D eigenvalue weighted by Gasteiger charge is -2.23. The molecule has 0 fully saturated rings. The molecule has 1 amide bonds. The van der Waals surface area contributed by atoms with Gasteiger partial charge in [-0.25, -0.2) is 22.7 Å². The van der Waals surface area contributed by atoms with Gasteiger partial charge >= 0.3 is 11.9 Å². The number of nitrogens with zero attached hydrogens (tertiary/aromatic N) is 1. The third-order valence-corrected chi connectivity index (χ3v) is 5.26. The largest absolute Gasteiger partial charge is 0.465 e. The van der Waals surface area contributed by atoms with Crippen molar-refractivity contribution in [3.8, 4) is 0 Å². The predicted octanol–water partition coefficient (Wildman–Crippen LogP) is 0.609. The number of fused-ring (bicyclic) bond motifs is 1. The maximum atomic E-state index is 12.4. The zero-order valence-electron chi connectivity index (χ0n) is 14.3. The van der Waals surface area contributed by atoms with Crippen LogP contribution in [0.5, 0.6) is 0 Å². The second kappa shape index (κ2) is 6.72. The molecule has 0 radical (unpaired) electrons. The highest BCUT2D eigenvalue weighted by Crippen LogP contribution is 2.31. The lowest BCUT2D eigenvalue weighted by molar-refractivity contribution is -0.139. The van der Waals surface area contributed by atoms with Gasteiger partial charge in [0.25, 0.3) is 15.9 Å². The SMILES string of the molecule is COC(=O)C1=C(C(=O)OC)N(c2ccc3c(c2)S(=O)(=O)NC3=O)C=CC=C1. The van der Waals surface area contributed by atoms with Crippen molar-refractivity contribution in [1.82, 2.24) is 4.72 Å². The molecule has 1 N–H and O–H groups in total. The van der Waals surface area contributed by atoms with Crippen molar-refractivity contribution in [2.45, 2.75) is 4.90 Å². The number of anilines is 1. The summed E-state index contributed by atoms with van der Waals surface area (Å²) in [5.74, 6) is -2.33. The minimum atomic E-state index is -3.99. The number of hydrogen-bond donors (Lipinski definition) is 1. The summed E-state index contributed by atoms with van der Waals surface area (Å²) in [5, 5.41) is 0. The lowest BCUT2D eigenvalue weighted by Crippen LogP contribution is -2.27. The van der Waals surface area contributed by atoms with Gasteiger partial charge in [-0.3, -0.25) is 4.79 Å². The molecule has 140 valence electrons. The zero-order valence-corrected chi connectivity index (χ0v) is 15.1. The Morgan fingerprint density at radius 3 is 2.44 bits per heavy atom. The zero-order chi connectivity index (χ0) is 19.8. The Balaban J connectivity index is 2.22. The number of ether oxygens (including phenoxy) is 2. The molecule has 10 heteroatoms. The van der Waals surface area contributed by atoms with Gasteiger partial charge in [0.15, 0.2) is 0 Å². The molecule has 0 unspecified atom stereocenters. The van der Waals surface area contributed by atoms with E-state index in [4.69, 9.17) is 9.47 Å². The van der Waals surface area contributed by atoms with Gasteiger partial charge in [-0.05, 0) is 30.4 Å². The van der Waals surface area contributed by atoms with E-state index in [0.29, 0.717) is 0 Å². The molecule has 2 heterocycles. The van der Waals surface area contributed by atoms with Crippen LogP contribution in [0.4, 0.5) is 5.69 Å². The second-order valence-electron chi connectivity index (χ2n) is 5.43. The molecule has 2 aliphatic heterocycles. The first-order valence-electron chi connectivity index (χ1n) is 7.56. The first-order valence-corrected chi connectivity index (χ1v) is 9.04. The summed E-state index contributed by atoms with van der Waals surface area (Å²) in [6.45, 7) is 0. The average Bonchev–Trinajstić information content (AvgIpc) is 2.81. The molecule has 0 bridgehead atoms. The molecule has 2 aliphatic rings. The van der Waals surface area contributed by atoms with E-state index in [1.54, 1.807) is 6.08 Å². The minimum absolute atomic E-state index is 0.00698. The summed E-state index contributed by atoms with van der Waals surface area (Å²) in [4.78, 5) is 37.3. The number of carbonyl (C=O) groups excluding carboxylic acids is 3. The van der Waals surface area contributed by atoms with Crippen LogP contribution in [0.3, 0.4) is 0 Å². The van der Waals surface area contributed by atoms with E-state index < -0.39 is 27.9 Å². The van der Waals surface area contributed by atoms with Crippen LogP contribution in [0.1, 0.15) is 10.4 Å². The average molecular weight is 390 g/mol. The number of nitrogens with one attached hydrogen (secondary N) is 1. The Bertz CT molecular complexity index is 1050. The van der Waals surface area contributed by atoms with Crippen molar-refractivity contribution < 1.29 is 32.3 Å². The number of esters is 2. The number of hydrogen-bond acceptors (Lipinski definition) is 8. The molecule has 1 aromatic carbocycles. The number of methoxy groups -OCH3 is 2. The molecule has 9 nitrogen and oxygen atoms in total. The van der Waals surface area contributed by atoms with Crippen LogP contribution in [0.25, 0.3) is 0 Å². The Labute approximate surface area is 154 Å². The summed E-state index contributed by atoms with van der Waals surface area (Å²) >= 11 is 0. The van der Waals surface area contributed by atoms with Gasteiger partial charge in [-0.15, -0.1) is 0 Å². The van der Waals surface area contributed by atoms with Crippen molar-refractivity contribution in [3.63, 3.8) is 0 Å². The van der Waals surface area contributed by atoms with Crippen LogP contribution in [-0.2, 0) is 29.1 Å². The molecule has 0 aliphatic carbocycles. The molecule has 0 atom stereocenters. The summed E-state index contributed by atoms with van der Waals surface area (Å²) in [6.07, 6.45) is 5.90. The number of sulfonamides is 1. The van der Waals surface area contributed by atoms with Gasteiger partial charge in [0, 0.05) is 11.9 Å². The molecular weight excluding hydrogens is 376 g/mol. The second-order valence-corrected chi connectivity index (χ2v) is 7.08. The lowest BCUT2D eigenvalue weighted by atomic mass is 10.1. The van der Waals surface area contributed by atoms with Gasteiger partial charge in [0.2, 0.25) is 0 Å². The predicted molar refractivity (Wildman–Crippen MR) is 92.9 cm³/mol. The van der Waals surface area contributed by atoms with Crippen molar-refractivity contribution in [2.75, 3.05) is 19.1 Å². The molecule has 0 saturated heterocycles. The van der Waals surface area contributed by atoms with Crippen LogP contribution in [0.2, 0.25) is 0 Å². The molecule has 0 saturated carbocycles. The number of carbonyl (C=O) groups is 3. The molecule has 27 heavy (non-hydrogen) atoms. The fourth-order valence-corrected chi connectivity index (χ4v) is 3.86. The summed E-state index contributed by atoms with van der Waals surface area (Å²) in [5.41, 5.74) is -0.0149. The topological polar surface area (TPSA) is 119 Å². The first-order chi connectivity index (χ1) is 12.8. The van der Waals surface area contributed by atoms with E-state index in [1.165, 1.54) is 48.6 Å². The van der Waals surface area contributed by atoms with Gasteiger partial charge in [0.1, 0.15) is 10.6 Å². The van der Waals surface area contributed by atoms with E-state index in [9.17, 15) is 22.8 Å². The number of amides is 1. The first kappa shape index (κ1) is 18.4. The van der Waals surface area contributed by atoms with Crippen molar-refractivity contribution >= 4 is 33.6 Å². The highest BCUT2D eigenvalue weighted by atomic mass is 32.2. The maximum absolute atomic E-state index is 12.4. The van der Waals surface area contributed by atoms with E-state index in [2.05, 4.69) is 0 Å². The minimum Gasteiger partial charge on any atom is -0.465 e. The molecular formula is C17H14N2O7S. The highest BCUT2D eigenvalue weighted by Gasteiger charge is 2.34. The van der Waals surface area contributed by atoms with E-state index in [0.717, 1.165) is 7.11 Å². The van der Waals surface area contributed by atoms with Crippen LogP contribution in [0.15, 0.2) is 58.8 Å². The number of benzene rings is 1. The van der Waals surface area contributed by atoms with Crippen LogP contribution in [0, 0.1) is 0 Å². The van der Waals surface area contributed by atoms with Gasteiger partial charge in [-0.1, -0.05) is 6.08 Å². The third-order valence-electron chi connectivity index (χ3n) is 3.89. The Morgan fingerprint density at radius 1 is 1.07 bits per heavy atom. The number of rotatable bonds is 3. The van der Waals surface area contributed by atoms with Crippen LogP contribution >= 0.6 is 0 Å². The quantitative estimate of drug-likeness (QED) is 0.746. The van der Waals surface area contributed by atoms with Crippen molar-refractivity contribution in [1.29, 1.82) is 0 Å². The maximum Gasteiger partial charge on any atom is 0.355 e. The Morgan fingerprint density at radius 2 is 1.78 bits per heavy atom. The molecule has 1 aromatic rings. The fourth-order valence-electron chi connectivity index (χ4n) is 2.67. The summed E-state index contributed by atoms with van der Waals surface area (Å²) in [7, 11) is -1.68. The Kier molecular flexibility index (Phi) is 4.58. The normalized spacial score (nSPS) is 17.3. The van der Waals surface area contributed by atoms with E-state index in [-0.39, 0.29) is 27.4 Å². The molecule has 0 aromatic heterocycles. The summed E-state index contributed by atoms with van der Waals surface area (Å²) < 4.78 is 35.6. The smallest absolute Gasteiger partial charge is 0.355 e. The standard InChI is InChI=1S/C17H14N2O7S/c1-25-16(21)12-5-3-4-8-19(14(12)17(22)26-2)10-6-7-11-13(9-10)27(23,24)18-15(11)20/h3-9H,1-2H3,(H,18,20). The Hall–Kier alpha value is -3.40. The van der Waals surface area contributed by atoms with Crippen LogP contribution < -0.4 is 9.62 Å². The fraction of sp³-hybridized carbons (Fsp3) is 0.118. The summed E-state index contributed by atoms with van der Waals surface area (Å²) in [6, 6.07) is 4.01.